The van der Waals surface area contributed by atoms with Crippen LogP contribution in [0.25, 0.3) is 0 Å². The summed E-state index contributed by atoms with van der Waals surface area (Å²) in [5.74, 6) is -0.0605. The van der Waals surface area contributed by atoms with Crippen LogP contribution in [0.1, 0.15) is 24.0 Å². The molecule has 0 spiro atoms. The van der Waals surface area contributed by atoms with Crippen LogP contribution in [0, 0.1) is 18.3 Å². The fourth-order valence-corrected chi connectivity index (χ4v) is 3.40. The third kappa shape index (κ3) is 3.15. The minimum absolute atomic E-state index is 0.0605. The highest BCUT2D eigenvalue weighted by Crippen LogP contribution is 2.16. The summed E-state index contributed by atoms with van der Waals surface area (Å²) in [5.41, 5.74) is 1.07. The minimum Gasteiger partial charge on any atom is -0.355 e. The lowest BCUT2D eigenvalue weighted by molar-refractivity contribution is -0.122. The van der Waals surface area contributed by atoms with Gasteiger partial charge in [-0.1, -0.05) is 0 Å². The molecular formula is C13H15N3O3S. The van der Waals surface area contributed by atoms with Crippen LogP contribution >= 0.6 is 0 Å². The molecule has 0 aromatic heterocycles. The summed E-state index contributed by atoms with van der Waals surface area (Å²) in [6.45, 7) is 1.99. The van der Waals surface area contributed by atoms with Crippen molar-refractivity contribution < 1.29 is 13.2 Å². The van der Waals surface area contributed by atoms with E-state index < -0.39 is 10.0 Å². The van der Waals surface area contributed by atoms with E-state index in [2.05, 4.69) is 10.0 Å². The summed E-state index contributed by atoms with van der Waals surface area (Å²) in [5, 5.41) is 11.5. The van der Waals surface area contributed by atoms with Gasteiger partial charge in [0.15, 0.2) is 0 Å². The number of benzene rings is 1. The number of carbonyl (C=O) groups excluding carboxylic acids is 1. The molecule has 1 atom stereocenters. The monoisotopic (exact) mass is 293 g/mol. The number of carbonyl (C=O) groups is 1. The average Bonchev–Trinajstić information content (AvgIpc) is 2.41. The Morgan fingerprint density at radius 2 is 2.20 bits per heavy atom. The van der Waals surface area contributed by atoms with E-state index in [1.54, 1.807) is 6.92 Å². The van der Waals surface area contributed by atoms with Gasteiger partial charge in [-0.05, 0) is 37.1 Å². The Morgan fingerprint density at radius 3 is 2.75 bits per heavy atom. The average molecular weight is 293 g/mol. The molecule has 1 unspecified atom stereocenters. The van der Waals surface area contributed by atoms with Gasteiger partial charge >= 0.3 is 0 Å². The van der Waals surface area contributed by atoms with Crippen LogP contribution in [0.15, 0.2) is 23.1 Å². The van der Waals surface area contributed by atoms with Crippen LogP contribution < -0.4 is 10.0 Å². The third-order valence-corrected chi connectivity index (χ3v) is 4.73. The topological polar surface area (TPSA) is 99.1 Å². The molecule has 0 aliphatic carbocycles. The van der Waals surface area contributed by atoms with Crippen LogP contribution in [-0.2, 0) is 14.8 Å². The number of nitrogens with zero attached hydrogens (tertiary/aromatic N) is 1. The Bertz CT molecular complexity index is 667. The Morgan fingerprint density at radius 1 is 1.45 bits per heavy atom. The normalized spacial score (nSPS) is 19.2. The minimum atomic E-state index is -3.64. The standard InChI is InChI=1S/C13H15N3O3S/c1-9-6-12(4-2-10(9)7-14)20(18,19)16-11-3-5-13(17)15-8-11/h2,4,6,11,16H,3,5,8H2,1H3,(H,15,17). The highest BCUT2D eigenvalue weighted by atomic mass is 32.2. The van der Waals surface area contributed by atoms with Crippen LogP contribution in [0.4, 0.5) is 0 Å². The molecule has 1 aromatic rings. The number of hydrogen-bond acceptors (Lipinski definition) is 4. The van der Waals surface area contributed by atoms with Gasteiger partial charge in [0, 0.05) is 19.0 Å². The molecule has 7 heteroatoms. The van der Waals surface area contributed by atoms with E-state index in [-0.39, 0.29) is 16.8 Å². The number of piperidine rings is 1. The Hall–Kier alpha value is -1.91. The molecule has 1 aliphatic heterocycles. The van der Waals surface area contributed by atoms with Crippen molar-refractivity contribution in [1.82, 2.24) is 10.0 Å². The first kappa shape index (κ1) is 14.5. The van der Waals surface area contributed by atoms with Crippen molar-refractivity contribution in [3.63, 3.8) is 0 Å². The van der Waals surface area contributed by atoms with Gasteiger partial charge in [0.1, 0.15) is 0 Å². The number of nitrogens with one attached hydrogen (secondary N) is 2. The molecule has 1 heterocycles. The quantitative estimate of drug-likeness (QED) is 0.843. The van der Waals surface area contributed by atoms with E-state index in [1.165, 1.54) is 18.2 Å². The molecular weight excluding hydrogens is 278 g/mol. The van der Waals surface area contributed by atoms with Crippen molar-refractivity contribution in [2.24, 2.45) is 0 Å². The summed E-state index contributed by atoms with van der Waals surface area (Å²) in [7, 11) is -3.64. The van der Waals surface area contributed by atoms with Gasteiger partial charge in [0.05, 0.1) is 16.5 Å². The summed E-state index contributed by atoms with van der Waals surface area (Å²) < 4.78 is 27.0. The van der Waals surface area contributed by atoms with Gasteiger partial charge in [-0.3, -0.25) is 4.79 Å². The summed E-state index contributed by atoms with van der Waals surface area (Å²) in [6, 6.07) is 6.08. The fraction of sp³-hybridized carbons (Fsp3) is 0.385. The maximum Gasteiger partial charge on any atom is 0.240 e. The number of amides is 1. The number of nitriles is 1. The zero-order valence-electron chi connectivity index (χ0n) is 11.0. The number of rotatable bonds is 3. The molecule has 0 radical (unpaired) electrons. The Balaban J connectivity index is 2.16. The first-order valence-corrected chi connectivity index (χ1v) is 7.70. The summed E-state index contributed by atoms with van der Waals surface area (Å²) in [6.07, 6.45) is 0.805. The summed E-state index contributed by atoms with van der Waals surface area (Å²) >= 11 is 0. The van der Waals surface area contributed by atoms with Crippen molar-refractivity contribution >= 4 is 15.9 Å². The van der Waals surface area contributed by atoms with E-state index in [9.17, 15) is 13.2 Å². The van der Waals surface area contributed by atoms with Gasteiger partial charge < -0.3 is 5.32 Å². The second kappa shape index (κ2) is 5.61. The van der Waals surface area contributed by atoms with Crippen molar-refractivity contribution in [2.45, 2.75) is 30.7 Å². The molecule has 20 heavy (non-hydrogen) atoms. The van der Waals surface area contributed by atoms with Crippen molar-refractivity contribution in [3.05, 3.63) is 29.3 Å². The number of hydrogen-bond donors (Lipinski definition) is 2. The number of aryl methyl sites for hydroxylation is 1. The largest absolute Gasteiger partial charge is 0.355 e. The first-order chi connectivity index (χ1) is 9.42. The molecule has 1 amide bonds. The van der Waals surface area contributed by atoms with Crippen LogP contribution in [0.5, 0.6) is 0 Å². The van der Waals surface area contributed by atoms with Crippen molar-refractivity contribution in [1.29, 1.82) is 5.26 Å². The predicted octanol–water partition coefficient (Wildman–Crippen LogP) is 0.424. The van der Waals surface area contributed by atoms with E-state index in [1.807, 2.05) is 6.07 Å². The molecule has 2 N–H and O–H groups in total. The van der Waals surface area contributed by atoms with Crippen LogP contribution in [0.2, 0.25) is 0 Å². The molecule has 1 saturated heterocycles. The molecule has 106 valence electrons. The SMILES string of the molecule is Cc1cc(S(=O)(=O)NC2CCC(=O)NC2)ccc1C#N. The van der Waals surface area contributed by atoms with E-state index in [0.717, 1.165) is 0 Å². The molecule has 2 rings (SSSR count). The van der Waals surface area contributed by atoms with Gasteiger partial charge in [0.25, 0.3) is 0 Å². The van der Waals surface area contributed by atoms with Gasteiger partial charge in [0.2, 0.25) is 15.9 Å². The smallest absolute Gasteiger partial charge is 0.240 e. The highest BCUT2D eigenvalue weighted by molar-refractivity contribution is 7.89. The Kier molecular flexibility index (Phi) is 4.06. The van der Waals surface area contributed by atoms with Crippen molar-refractivity contribution in [3.8, 4) is 6.07 Å². The third-order valence-electron chi connectivity index (χ3n) is 3.22. The molecule has 1 aromatic carbocycles. The van der Waals surface area contributed by atoms with E-state index in [0.29, 0.717) is 30.5 Å². The second-order valence-electron chi connectivity index (χ2n) is 4.75. The predicted molar refractivity (Wildman–Crippen MR) is 72.2 cm³/mol. The van der Waals surface area contributed by atoms with Gasteiger partial charge in [-0.2, -0.15) is 5.26 Å². The Labute approximate surface area is 117 Å². The van der Waals surface area contributed by atoms with E-state index in [4.69, 9.17) is 5.26 Å². The molecule has 1 fully saturated rings. The molecule has 1 aliphatic rings. The molecule has 0 bridgehead atoms. The zero-order valence-corrected chi connectivity index (χ0v) is 11.8. The maximum absolute atomic E-state index is 12.2. The fourth-order valence-electron chi connectivity index (χ4n) is 2.05. The van der Waals surface area contributed by atoms with Crippen LogP contribution in [-0.4, -0.2) is 26.9 Å². The van der Waals surface area contributed by atoms with Crippen molar-refractivity contribution in [2.75, 3.05) is 6.54 Å². The lowest BCUT2D eigenvalue weighted by Crippen LogP contribution is -2.47. The molecule has 0 saturated carbocycles. The summed E-state index contributed by atoms with van der Waals surface area (Å²) in [4.78, 5) is 11.2. The second-order valence-corrected chi connectivity index (χ2v) is 6.46. The lowest BCUT2D eigenvalue weighted by atomic mass is 10.1. The van der Waals surface area contributed by atoms with Gasteiger partial charge in [-0.25, -0.2) is 13.1 Å². The van der Waals surface area contributed by atoms with Gasteiger partial charge in [-0.15, -0.1) is 0 Å². The molecule has 6 nitrogen and oxygen atoms in total. The highest BCUT2D eigenvalue weighted by Gasteiger charge is 2.24. The zero-order chi connectivity index (χ0) is 14.8. The first-order valence-electron chi connectivity index (χ1n) is 6.22. The van der Waals surface area contributed by atoms with Crippen LogP contribution in [0.3, 0.4) is 0 Å². The lowest BCUT2D eigenvalue weighted by Gasteiger charge is -2.23. The van der Waals surface area contributed by atoms with E-state index >= 15 is 0 Å². The maximum atomic E-state index is 12.2. The number of sulfonamides is 1.